The van der Waals surface area contributed by atoms with Gasteiger partial charge in [0, 0.05) is 5.69 Å². The Kier molecular flexibility index (Phi) is 3.42. The van der Waals surface area contributed by atoms with Crippen molar-refractivity contribution in [3.63, 3.8) is 0 Å². The second-order valence-electron chi connectivity index (χ2n) is 4.68. The Morgan fingerprint density at radius 1 is 1.36 bits per heavy atom. The highest BCUT2D eigenvalue weighted by Gasteiger charge is 2.13. The highest BCUT2D eigenvalue weighted by atomic mass is 19.1. The van der Waals surface area contributed by atoms with Crippen LogP contribution in [0.15, 0.2) is 39.9 Å². The van der Waals surface area contributed by atoms with Crippen LogP contribution in [-0.2, 0) is 11.3 Å². The van der Waals surface area contributed by atoms with Crippen molar-refractivity contribution in [2.75, 3.05) is 5.32 Å². The molecule has 0 saturated heterocycles. The topological polar surface area (TPSA) is 90.0 Å². The quantitative estimate of drug-likeness (QED) is 0.791. The molecule has 8 heteroatoms. The van der Waals surface area contributed by atoms with Gasteiger partial charge in [0.2, 0.25) is 5.91 Å². The maximum absolute atomic E-state index is 12.8. The number of fused-ring (bicyclic) bond motifs is 1. The van der Waals surface area contributed by atoms with Crippen LogP contribution in [-0.4, -0.2) is 20.6 Å². The number of amides is 1. The number of carbonyl (C=O) groups is 1. The van der Waals surface area contributed by atoms with Crippen molar-refractivity contribution >= 4 is 22.7 Å². The van der Waals surface area contributed by atoms with E-state index in [0.29, 0.717) is 11.4 Å². The largest absolute Gasteiger partial charge is 0.335 e. The Balaban J connectivity index is 1.82. The third-order valence-electron chi connectivity index (χ3n) is 3.08. The van der Waals surface area contributed by atoms with Gasteiger partial charge in [-0.15, -0.1) is 0 Å². The van der Waals surface area contributed by atoms with Gasteiger partial charge in [-0.1, -0.05) is 5.16 Å². The van der Waals surface area contributed by atoms with Crippen molar-refractivity contribution in [1.29, 1.82) is 0 Å². The maximum Gasteiger partial charge on any atom is 0.267 e. The molecule has 0 unspecified atom stereocenters. The lowest BCUT2D eigenvalue weighted by atomic mass is 10.3. The summed E-state index contributed by atoms with van der Waals surface area (Å²) in [5.74, 6) is -0.823. The maximum atomic E-state index is 12.8. The van der Waals surface area contributed by atoms with Gasteiger partial charge in [0.05, 0.1) is 5.69 Å². The fourth-order valence-corrected chi connectivity index (χ4v) is 2.01. The minimum Gasteiger partial charge on any atom is -0.335 e. The molecule has 0 spiro atoms. The number of nitrogens with one attached hydrogen (secondary N) is 1. The summed E-state index contributed by atoms with van der Waals surface area (Å²) in [6.45, 7) is 1.40. The zero-order valence-electron chi connectivity index (χ0n) is 11.5. The van der Waals surface area contributed by atoms with Crippen LogP contribution in [0.25, 0.3) is 11.1 Å². The van der Waals surface area contributed by atoms with E-state index in [9.17, 15) is 14.0 Å². The first-order valence-electron chi connectivity index (χ1n) is 6.41. The van der Waals surface area contributed by atoms with E-state index in [-0.39, 0.29) is 17.6 Å². The van der Waals surface area contributed by atoms with Gasteiger partial charge in [0.1, 0.15) is 24.1 Å². The summed E-state index contributed by atoms with van der Waals surface area (Å²) in [5, 5.41) is 6.48. The standard InChI is InChI=1S/C14H11FN4O3/c1-8-12-13(22-18-8)16-7-19(14(12)21)6-11(20)17-10-4-2-9(15)3-5-10/h2-5,7H,6H2,1H3,(H,17,20). The third-order valence-corrected chi connectivity index (χ3v) is 3.08. The van der Waals surface area contributed by atoms with E-state index in [1.54, 1.807) is 6.92 Å². The Bertz CT molecular complexity index is 899. The number of hydrogen-bond acceptors (Lipinski definition) is 5. The van der Waals surface area contributed by atoms with Crippen LogP contribution in [0, 0.1) is 12.7 Å². The molecule has 0 bridgehead atoms. The molecule has 0 atom stereocenters. The van der Waals surface area contributed by atoms with Crippen molar-refractivity contribution < 1.29 is 13.7 Å². The van der Waals surface area contributed by atoms with Gasteiger partial charge in [0.15, 0.2) is 0 Å². The Morgan fingerprint density at radius 3 is 2.82 bits per heavy atom. The lowest BCUT2D eigenvalue weighted by molar-refractivity contribution is -0.116. The summed E-state index contributed by atoms with van der Waals surface area (Å²) in [6.07, 6.45) is 1.22. The smallest absolute Gasteiger partial charge is 0.267 e. The fourth-order valence-electron chi connectivity index (χ4n) is 2.01. The summed E-state index contributed by atoms with van der Waals surface area (Å²) < 4.78 is 18.8. The summed E-state index contributed by atoms with van der Waals surface area (Å²) in [5.41, 5.74) is 0.589. The zero-order valence-corrected chi connectivity index (χ0v) is 11.5. The molecule has 7 nitrogen and oxygen atoms in total. The van der Waals surface area contributed by atoms with Crippen LogP contribution >= 0.6 is 0 Å². The molecule has 2 heterocycles. The SMILES string of the molecule is Cc1noc2ncn(CC(=O)Nc3ccc(F)cc3)c(=O)c12. The number of hydrogen-bond donors (Lipinski definition) is 1. The van der Waals surface area contributed by atoms with Crippen LogP contribution in [0.2, 0.25) is 0 Å². The number of anilines is 1. The van der Waals surface area contributed by atoms with Crippen LogP contribution in [0.3, 0.4) is 0 Å². The molecule has 0 radical (unpaired) electrons. The van der Waals surface area contributed by atoms with Gasteiger partial charge in [0.25, 0.3) is 11.3 Å². The lowest BCUT2D eigenvalue weighted by Gasteiger charge is -2.06. The van der Waals surface area contributed by atoms with E-state index in [2.05, 4.69) is 15.5 Å². The average molecular weight is 302 g/mol. The number of benzene rings is 1. The van der Waals surface area contributed by atoms with Crippen molar-refractivity contribution in [1.82, 2.24) is 14.7 Å². The Hall–Kier alpha value is -3.03. The predicted octanol–water partition coefficient (Wildman–Crippen LogP) is 1.47. The van der Waals surface area contributed by atoms with E-state index in [4.69, 9.17) is 4.52 Å². The number of rotatable bonds is 3. The van der Waals surface area contributed by atoms with Gasteiger partial charge < -0.3 is 9.84 Å². The first-order valence-corrected chi connectivity index (χ1v) is 6.41. The van der Waals surface area contributed by atoms with Gasteiger partial charge >= 0.3 is 0 Å². The monoisotopic (exact) mass is 302 g/mol. The number of halogens is 1. The first-order chi connectivity index (χ1) is 10.5. The van der Waals surface area contributed by atoms with Gasteiger partial charge in [-0.05, 0) is 31.2 Å². The normalized spacial score (nSPS) is 10.8. The molecule has 0 aliphatic carbocycles. The van der Waals surface area contributed by atoms with Crippen LogP contribution < -0.4 is 10.9 Å². The molecule has 3 aromatic rings. The summed E-state index contributed by atoms with van der Waals surface area (Å²) in [4.78, 5) is 28.1. The van der Waals surface area contributed by atoms with Crippen LogP contribution in [0.5, 0.6) is 0 Å². The van der Waals surface area contributed by atoms with Gasteiger partial charge in [-0.3, -0.25) is 14.2 Å². The Labute approximate surface area is 123 Å². The van der Waals surface area contributed by atoms with E-state index < -0.39 is 17.3 Å². The van der Waals surface area contributed by atoms with Crippen molar-refractivity contribution in [3.8, 4) is 0 Å². The molecule has 0 aliphatic rings. The fraction of sp³-hybridized carbons (Fsp3) is 0.143. The van der Waals surface area contributed by atoms with Gasteiger partial charge in [-0.25, -0.2) is 9.37 Å². The minimum atomic E-state index is -0.427. The second kappa shape index (κ2) is 5.40. The molecule has 22 heavy (non-hydrogen) atoms. The van der Waals surface area contributed by atoms with Gasteiger partial charge in [-0.2, -0.15) is 0 Å². The van der Waals surface area contributed by atoms with Crippen molar-refractivity contribution in [3.05, 3.63) is 52.5 Å². The summed E-state index contributed by atoms with van der Waals surface area (Å²) in [6, 6.07) is 5.33. The molecule has 0 fully saturated rings. The lowest BCUT2D eigenvalue weighted by Crippen LogP contribution is -2.27. The molecule has 1 amide bonds. The van der Waals surface area contributed by atoms with E-state index >= 15 is 0 Å². The number of nitrogens with zero attached hydrogens (tertiary/aromatic N) is 3. The molecule has 3 rings (SSSR count). The number of aromatic nitrogens is 3. The van der Waals surface area contributed by atoms with E-state index in [0.717, 1.165) is 4.57 Å². The molecule has 112 valence electrons. The molecule has 0 saturated carbocycles. The molecular formula is C14H11FN4O3. The van der Waals surface area contributed by atoms with Crippen LogP contribution in [0.1, 0.15) is 5.69 Å². The van der Waals surface area contributed by atoms with E-state index in [1.807, 2.05) is 0 Å². The van der Waals surface area contributed by atoms with Crippen molar-refractivity contribution in [2.45, 2.75) is 13.5 Å². The van der Waals surface area contributed by atoms with E-state index in [1.165, 1.54) is 30.6 Å². The van der Waals surface area contributed by atoms with Crippen LogP contribution in [0.4, 0.5) is 10.1 Å². The predicted molar refractivity (Wildman–Crippen MR) is 75.8 cm³/mol. The molecule has 0 aliphatic heterocycles. The first kappa shape index (κ1) is 13.9. The summed E-state index contributed by atoms with van der Waals surface area (Å²) >= 11 is 0. The third kappa shape index (κ3) is 2.58. The molecule has 1 N–H and O–H groups in total. The highest BCUT2D eigenvalue weighted by Crippen LogP contribution is 2.10. The summed E-state index contributed by atoms with van der Waals surface area (Å²) in [7, 11) is 0. The highest BCUT2D eigenvalue weighted by molar-refractivity contribution is 5.90. The second-order valence-corrected chi connectivity index (χ2v) is 4.68. The number of carbonyl (C=O) groups excluding carboxylic acids is 1. The minimum absolute atomic E-state index is 0.137. The molecular weight excluding hydrogens is 291 g/mol. The zero-order chi connectivity index (χ0) is 15.7. The average Bonchev–Trinajstić information content (AvgIpc) is 2.87. The number of aryl methyl sites for hydroxylation is 1. The van der Waals surface area contributed by atoms with Crippen molar-refractivity contribution in [2.24, 2.45) is 0 Å². The Morgan fingerprint density at radius 2 is 2.09 bits per heavy atom. The molecule has 2 aromatic heterocycles. The molecule has 1 aromatic carbocycles.